The van der Waals surface area contributed by atoms with Gasteiger partial charge in [0.1, 0.15) is 11.8 Å². The van der Waals surface area contributed by atoms with Crippen molar-refractivity contribution in [2.75, 3.05) is 13.7 Å². The van der Waals surface area contributed by atoms with Crippen molar-refractivity contribution in [1.29, 1.82) is 0 Å². The molecular formula is C13H14BrNO4. The van der Waals surface area contributed by atoms with Crippen molar-refractivity contribution in [3.63, 3.8) is 0 Å². The number of likely N-dealkylation sites (tertiary alicyclic amines) is 1. The first kappa shape index (κ1) is 13.9. The summed E-state index contributed by atoms with van der Waals surface area (Å²) in [4.78, 5) is 24.9. The molecule has 1 aliphatic heterocycles. The third-order valence-electron chi connectivity index (χ3n) is 3.19. The minimum Gasteiger partial charge on any atom is -0.496 e. The molecule has 1 atom stereocenters. The summed E-state index contributed by atoms with van der Waals surface area (Å²) in [6.45, 7) is 0.467. The lowest BCUT2D eigenvalue weighted by Crippen LogP contribution is -2.40. The van der Waals surface area contributed by atoms with Crippen LogP contribution in [0, 0.1) is 0 Å². The van der Waals surface area contributed by atoms with Crippen molar-refractivity contribution in [3.8, 4) is 5.75 Å². The molecule has 6 heteroatoms. The fraction of sp³-hybridized carbons (Fsp3) is 0.385. The zero-order chi connectivity index (χ0) is 14.0. The van der Waals surface area contributed by atoms with Gasteiger partial charge in [0.15, 0.2) is 0 Å². The number of carboxylic acids is 1. The zero-order valence-corrected chi connectivity index (χ0v) is 12.0. The lowest BCUT2D eigenvalue weighted by Gasteiger charge is -2.22. The van der Waals surface area contributed by atoms with E-state index in [9.17, 15) is 9.59 Å². The Kier molecular flexibility index (Phi) is 4.09. The fourth-order valence-corrected chi connectivity index (χ4v) is 2.60. The van der Waals surface area contributed by atoms with Crippen LogP contribution in [-0.2, 0) is 4.79 Å². The number of nitrogens with zero attached hydrogens (tertiary/aromatic N) is 1. The van der Waals surface area contributed by atoms with Gasteiger partial charge in [-0.3, -0.25) is 4.79 Å². The molecule has 102 valence electrons. The molecule has 1 aliphatic rings. The second kappa shape index (κ2) is 5.61. The van der Waals surface area contributed by atoms with E-state index >= 15 is 0 Å². The molecule has 0 saturated carbocycles. The predicted molar refractivity (Wildman–Crippen MR) is 72.4 cm³/mol. The number of halogens is 1. The van der Waals surface area contributed by atoms with Gasteiger partial charge in [0, 0.05) is 11.0 Å². The quantitative estimate of drug-likeness (QED) is 0.923. The van der Waals surface area contributed by atoms with Crippen LogP contribution in [-0.4, -0.2) is 41.6 Å². The maximum absolute atomic E-state index is 12.4. The number of benzene rings is 1. The van der Waals surface area contributed by atoms with Crippen LogP contribution in [0.4, 0.5) is 0 Å². The molecule has 1 aromatic carbocycles. The molecule has 1 N–H and O–H groups in total. The molecule has 2 rings (SSSR count). The number of carbonyl (C=O) groups is 2. The van der Waals surface area contributed by atoms with E-state index in [1.54, 1.807) is 18.2 Å². The number of hydrogen-bond acceptors (Lipinski definition) is 3. The lowest BCUT2D eigenvalue weighted by atomic mass is 10.1. The van der Waals surface area contributed by atoms with E-state index in [0.29, 0.717) is 30.7 Å². The minimum absolute atomic E-state index is 0.297. The molecule has 1 fully saturated rings. The Hall–Kier alpha value is -1.56. The fourth-order valence-electron chi connectivity index (χ4n) is 2.26. The largest absolute Gasteiger partial charge is 0.496 e. The molecule has 1 heterocycles. The molecular weight excluding hydrogens is 314 g/mol. The minimum atomic E-state index is -0.957. The van der Waals surface area contributed by atoms with Gasteiger partial charge in [-0.05, 0) is 31.0 Å². The van der Waals surface area contributed by atoms with Gasteiger partial charge in [-0.2, -0.15) is 0 Å². The van der Waals surface area contributed by atoms with E-state index in [0.717, 1.165) is 4.47 Å². The van der Waals surface area contributed by atoms with Crippen molar-refractivity contribution >= 4 is 27.8 Å². The highest BCUT2D eigenvalue weighted by molar-refractivity contribution is 9.10. The molecule has 0 spiro atoms. The van der Waals surface area contributed by atoms with Crippen molar-refractivity contribution in [2.24, 2.45) is 0 Å². The van der Waals surface area contributed by atoms with Crippen molar-refractivity contribution in [1.82, 2.24) is 4.90 Å². The Morgan fingerprint density at radius 2 is 2.21 bits per heavy atom. The summed E-state index contributed by atoms with van der Waals surface area (Å²) in [6, 6.07) is 4.34. The number of amides is 1. The first-order chi connectivity index (χ1) is 9.04. The van der Waals surface area contributed by atoms with Gasteiger partial charge >= 0.3 is 5.97 Å². The van der Waals surface area contributed by atoms with Gasteiger partial charge in [-0.25, -0.2) is 4.79 Å². The topological polar surface area (TPSA) is 66.8 Å². The van der Waals surface area contributed by atoms with Gasteiger partial charge in [0.05, 0.1) is 12.7 Å². The van der Waals surface area contributed by atoms with E-state index < -0.39 is 12.0 Å². The molecule has 0 radical (unpaired) electrons. The third kappa shape index (κ3) is 2.73. The van der Waals surface area contributed by atoms with Crippen LogP contribution < -0.4 is 4.74 Å². The summed E-state index contributed by atoms with van der Waals surface area (Å²) in [7, 11) is 1.48. The number of carbonyl (C=O) groups excluding carboxylic acids is 1. The van der Waals surface area contributed by atoms with Crippen LogP contribution >= 0.6 is 15.9 Å². The number of carboxylic acid groups (broad SMARTS) is 1. The molecule has 1 amide bonds. The number of methoxy groups -OCH3 is 1. The molecule has 0 bridgehead atoms. The number of aliphatic carboxylic acids is 1. The predicted octanol–water partition coefficient (Wildman–Crippen LogP) is 2.15. The van der Waals surface area contributed by atoms with Crippen LogP contribution in [0.3, 0.4) is 0 Å². The Morgan fingerprint density at radius 3 is 2.84 bits per heavy atom. The molecule has 1 aromatic rings. The SMILES string of the molecule is COc1cc(Br)ccc1C(=O)N1CCC[C@@H]1C(=O)O. The number of rotatable bonds is 3. The maximum atomic E-state index is 12.4. The summed E-state index contributed by atoms with van der Waals surface area (Å²) in [5, 5.41) is 9.12. The van der Waals surface area contributed by atoms with E-state index in [1.807, 2.05) is 0 Å². The Bertz CT molecular complexity index is 517. The van der Waals surface area contributed by atoms with Crippen molar-refractivity contribution in [3.05, 3.63) is 28.2 Å². The maximum Gasteiger partial charge on any atom is 0.326 e. The van der Waals surface area contributed by atoms with E-state index in [4.69, 9.17) is 9.84 Å². The first-order valence-electron chi connectivity index (χ1n) is 5.92. The summed E-state index contributed by atoms with van der Waals surface area (Å²) in [6.07, 6.45) is 1.21. The van der Waals surface area contributed by atoms with Crippen LogP contribution in [0.25, 0.3) is 0 Å². The van der Waals surface area contributed by atoms with Gasteiger partial charge in [0.25, 0.3) is 5.91 Å². The summed E-state index contributed by atoms with van der Waals surface area (Å²) in [5.74, 6) is -0.813. The standard InChI is InChI=1S/C13H14BrNO4/c1-19-11-7-8(14)4-5-9(11)12(16)15-6-2-3-10(15)13(17)18/h4-5,7,10H,2-3,6H2,1H3,(H,17,18)/t10-/m1/s1. The highest BCUT2D eigenvalue weighted by Crippen LogP contribution is 2.27. The van der Waals surface area contributed by atoms with Gasteiger partial charge in [-0.1, -0.05) is 15.9 Å². The monoisotopic (exact) mass is 327 g/mol. The second-order valence-corrected chi connectivity index (χ2v) is 5.26. The second-order valence-electron chi connectivity index (χ2n) is 4.34. The van der Waals surface area contributed by atoms with Crippen LogP contribution in [0.1, 0.15) is 23.2 Å². The van der Waals surface area contributed by atoms with E-state index in [1.165, 1.54) is 12.0 Å². The first-order valence-corrected chi connectivity index (χ1v) is 6.71. The van der Waals surface area contributed by atoms with Crippen LogP contribution in [0.15, 0.2) is 22.7 Å². The Morgan fingerprint density at radius 1 is 1.47 bits per heavy atom. The van der Waals surface area contributed by atoms with E-state index in [-0.39, 0.29) is 5.91 Å². The van der Waals surface area contributed by atoms with Gasteiger partial charge < -0.3 is 14.7 Å². The molecule has 0 unspecified atom stereocenters. The highest BCUT2D eigenvalue weighted by atomic mass is 79.9. The highest BCUT2D eigenvalue weighted by Gasteiger charge is 2.35. The third-order valence-corrected chi connectivity index (χ3v) is 3.69. The summed E-state index contributed by atoms with van der Waals surface area (Å²) >= 11 is 3.31. The van der Waals surface area contributed by atoms with Crippen molar-refractivity contribution in [2.45, 2.75) is 18.9 Å². The van der Waals surface area contributed by atoms with Crippen molar-refractivity contribution < 1.29 is 19.4 Å². The van der Waals surface area contributed by atoms with E-state index in [2.05, 4.69) is 15.9 Å². The Labute approximate surface area is 119 Å². The molecule has 0 aromatic heterocycles. The molecule has 0 aliphatic carbocycles. The number of hydrogen-bond donors (Lipinski definition) is 1. The molecule has 19 heavy (non-hydrogen) atoms. The summed E-state index contributed by atoms with van der Waals surface area (Å²) in [5.41, 5.74) is 0.388. The summed E-state index contributed by atoms with van der Waals surface area (Å²) < 4.78 is 5.98. The molecule has 5 nitrogen and oxygen atoms in total. The Balaban J connectivity index is 2.31. The normalized spacial score (nSPS) is 18.4. The average Bonchev–Trinajstić information content (AvgIpc) is 2.87. The zero-order valence-electron chi connectivity index (χ0n) is 10.4. The lowest BCUT2D eigenvalue weighted by molar-refractivity contribution is -0.141. The van der Waals surface area contributed by atoms with Crippen LogP contribution in [0.2, 0.25) is 0 Å². The van der Waals surface area contributed by atoms with Gasteiger partial charge in [-0.15, -0.1) is 0 Å². The molecule has 1 saturated heterocycles. The smallest absolute Gasteiger partial charge is 0.326 e. The van der Waals surface area contributed by atoms with Crippen LogP contribution in [0.5, 0.6) is 5.75 Å². The average molecular weight is 328 g/mol. The number of ether oxygens (including phenoxy) is 1. The van der Waals surface area contributed by atoms with Gasteiger partial charge in [0.2, 0.25) is 0 Å².